The van der Waals surface area contributed by atoms with E-state index < -0.39 is 0 Å². The highest BCUT2D eigenvalue weighted by Gasteiger charge is 2.23. The highest BCUT2D eigenvalue weighted by atomic mass is 16.3. The summed E-state index contributed by atoms with van der Waals surface area (Å²) >= 11 is 0. The molecule has 0 aliphatic rings. The molecule has 0 N–H and O–H groups in total. The van der Waals surface area contributed by atoms with Crippen LogP contribution in [0.3, 0.4) is 0 Å². The van der Waals surface area contributed by atoms with Crippen LogP contribution < -0.4 is 0 Å². The minimum atomic E-state index is 0.683. The van der Waals surface area contributed by atoms with E-state index in [0.717, 1.165) is 77.5 Å². The number of benzene rings is 9. The Hall–Kier alpha value is -7.62. The second-order valence-electron chi connectivity index (χ2n) is 14.9. The maximum absolute atomic E-state index is 6.95. The van der Waals surface area contributed by atoms with Crippen molar-refractivity contribution >= 4 is 43.5 Å². The predicted octanol–water partition coefficient (Wildman–Crippen LogP) is 15.0. The van der Waals surface area contributed by atoms with Crippen LogP contribution >= 0.6 is 0 Å². The molecule has 0 bridgehead atoms. The number of nitrogens with zero attached hydrogens (tertiary/aromatic N) is 2. The number of rotatable bonds is 6. The van der Waals surface area contributed by atoms with E-state index in [-0.39, 0.29) is 0 Å². The third-order valence-corrected chi connectivity index (χ3v) is 11.5. The summed E-state index contributed by atoms with van der Waals surface area (Å²) in [5.74, 6) is 0.683. The Labute approximate surface area is 336 Å². The van der Waals surface area contributed by atoms with Crippen LogP contribution in [0.1, 0.15) is 5.56 Å². The minimum absolute atomic E-state index is 0.683. The molecule has 0 unspecified atom stereocenters. The summed E-state index contributed by atoms with van der Waals surface area (Å²) in [4.78, 5) is 10.7. The van der Waals surface area contributed by atoms with Gasteiger partial charge < -0.3 is 4.42 Å². The molecular formula is C55H36N2O. The zero-order valence-electron chi connectivity index (χ0n) is 31.9. The van der Waals surface area contributed by atoms with Gasteiger partial charge in [-0.05, 0) is 74.5 Å². The first-order valence-corrected chi connectivity index (χ1v) is 19.7. The molecule has 58 heavy (non-hydrogen) atoms. The van der Waals surface area contributed by atoms with Crippen molar-refractivity contribution in [2.24, 2.45) is 0 Å². The van der Waals surface area contributed by atoms with Gasteiger partial charge in [0.2, 0.25) is 0 Å². The molecule has 2 heterocycles. The predicted molar refractivity (Wildman–Crippen MR) is 242 cm³/mol. The Morgan fingerprint density at radius 3 is 1.66 bits per heavy atom. The Balaban J connectivity index is 1.12. The molecule has 11 rings (SSSR count). The summed E-state index contributed by atoms with van der Waals surface area (Å²) in [5.41, 5.74) is 14.4. The zero-order chi connectivity index (χ0) is 38.6. The van der Waals surface area contributed by atoms with E-state index in [2.05, 4.69) is 183 Å². The fourth-order valence-electron chi connectivity index (χ4n) is 8.50. The van der Waals surface area contributed by atoms with Gasteiger partial charge in [0.25, 0.3) is 0 Å². The third-order valence-electron chi connectivity index (χ3n) is 11.5. The average Bonchev–Trinajstić information content (AvgIpc) is 3.70. The molecule has 0 aliphatic carbocycles. The SMILES string of the molecule is Cc1c(-c2ccc(-c3ccccc3)cc2)nc(-c2ccccc2)nc1-c1ccc(-c2ccc(-c3ccc4ccccc4c3)cc2)c2oc3ccc4ccccc4c3c12. The summed E-state index contributed by atoms with van der Waals surface area (Å²) in [7, 11) is 0. The fraction of sp³-hybridized carbons (Fsp3) is 0.0182. The molecule has 0 saturated heterocycles. The van der Waals surface area contributed by atoms with Crippen molar-refractivity contribution < 1.29 is 4.42 Å². The van der Waals surface area contributed by atoms with Gasteiger partial charge in [0.15, 0.2) is 5.82 Å². The Morgan fingerprint density at radius 1 is 0.362 bits per heavy atom. The topological polar surface area (TPSA) is 38.9 Å². The lowest BCUT2D eigenvalue weighted by molar-refractivity contribution is 0.670. The highest BCUT2D eigenvalue weighted by Crippen LogP contribution is 2.46. The van der Waals surface area contributed by atoms with E-state index in [1.807, 2.05) is 24.3 Å². The van der Waals surface area contributed by atoms with Gasteiger partial charge in [-0.3, -0.25) is 0 Å². The normalized spacial score (nSPS) is 11.5. The van der Waals surface area contributed by atoms with E-state index in [4.69, 9.17) is 14.4 Å². The van der Waals surface area contributed by atoms with Crippen molar-refractivity contribution in [3.05, 3.63) is 206 Å². The summed E-state index contributed by atoms with van der Waals surface area (Å²) in [6.07, 6.45) is 0. The van der Waals surface area contributed by atoms with Crippen molar-refractivity contribution in [1.82, 2.24) is 9.97 Å². The molecular weight excluding hydrogens is 705 g/mol. The van der Waals surface area contributed by atoms with Gasteiger partial charge in [0.1, 0.15) is 11.2 Å². The van der Waals surface area contributed by atoms with Gasteiger partial charge in [-0.2, -0.15) is 0 Å². The summed E-state index contributed by atoms with van der Waals surface area (Å²) in [6, 6.07) is 70.8. The first kappa shape index (κ1) is 33.7. The second kappa shape index (κ2) is 13.8. The summed E-state index contributed by atoms with van der Waals surface area (Å²) in [5, 5.41) is 6.93. The lowest BCUT2D eigenvalue weighted by atomic mass is 9.92. The highest BCUT2D eigenvalue weighted by molar-refractivity contribution is 6.24. The number of hydrogen-bond acceptors (Lipinski definition) is 3. The lowest BCUT2D eigenvalue weighted by Crippen LogP contribution is -2.01. The number of fused-ring (bicyclic) bond motifs is 6. The Kier molecular flexibility index (Phi) is 8.04. The number of aromatic nitrogens is 2. The first-order chi connectivity index (χ1) is 28.7. The monoisotopic (exact) mass is 740 g/mol. The van der Waals surface area contributed by atoms with Gasteiger partial charge >= 0.3 is 0 Å². The molecule has 0 atom stereocenters. The van der Waals surface area contributed by atoms with Crippen LogP contribution in [0, 0.1) is 6.92 Å². The van der Waals surface area contributed by atoms with Gasteiger partial charge in [-0.25, -0.2) is 9.97 Å². The molecule has 0 aliphatic heterocycles. The van der Waals surface area contributed by atoms with Crippen LogP contribution in [0.25, 0.3) is 111 Å². The largest absolute Gasteiger partial charge is 0.455 e. The summed E-state index contributed by atoms with van der Waals surface area (Å²) < 4.78 is 6.95. The van der Waals surface area contributed by atoms with Crippen molar-refractivity contribution in [2.45, 2.75) is 6.92 Å². The fourth-order valence-corrected chi connectivity index (χ4v) is 8.50. The quantitative estimate of drug-likeness (QED) is 0.170. The molecule has 0 spiro atoms. The maximum Gasteiger partial charge on any atom is 0.160 e. The summed E-state index contributed by atoms with van der Waals surface area (Å²) in [6.45, 7) is 2.15. The second-order valence-corrected chi connectivity index (χ2v) is 14.9. The van der Waals surface area contributed by atoms with Crippen molar-refractivity contribution in [3.63, 3.8) is 0 Å². The molecule has 9 aromatic carbocycles. The maximum atomic E-state index is 6.95. The van der Waals surface area contributed by atoms with Crippen molar-refractivity contribution in [1.29, 1.82) is 0 Å². The van der Waals surface area contributed by atoms with Crippen LogP contribution in [0.2, 0.25) is 0 Å². The molecule has 11 aromatic rings. The van der Waals surface area contributed by atoms with E-state index in [1.165, 1.54) is 33.0 Å². The van der Waals surface area contributed by atoms with Crippen molar-refractivity contribution in [2.75, 3.05) is 0 Å². The van der Waals surface area contributed by atoms with Gasteiger partial charge in [0, 0.05) is 38.6 Å². The molecule has 272 valence electrons. The third kappa shape index (κ3) is 5.75. The molecule has 0 fully saturated rings. The van der Waals surface area contributed by atoms with Crippen molar-refractivity contribution in [3.8, 4) is 67.3 Å². The van der Waals surface area contributed by atoms with E-state index in [9.17, 15) is 0 Å². The molecule has 2 aromatic heterocycles. The molecule has 0 radical (unpaired) electrons. The molecule has 0 saturated carbocycles. The van der Waals surface area contributed by atoms with E-state index in [0.29, 0.717) is 5.82 Å². The van der Waals surface area contributed by atoms with Crippen LogP contribution in [0.4, 0.5) is 0 Å². The smallest absolute Gasteiger partial charge is 0.160 e. The standard InChI is InChI=1S/C55H36N2O/c1-35-52(42-27-22-38(23-28-42)36-12-4-2-5-13-36)56-55(43-16-6-3-7-17-43)57-53(35)48-32-31-47(54-51(48)50-46-19-11-10-15-40(46)30-33-49(50)58-54)41-25-20-39(21-26-41)45-29-24-37-14-8-9-18-44(37)34-45/h2-34H,1H3. The van der Waals surface area contributed by atoms with E-state index in [1.54, 1.807) is 0 Å². The van der Waals surface area contributed by atoms with Crippen LogP contribution in [-0.4, -0.2) is 9.97 Å². The van der Waals surface area contributed by atoms with Crippen LogP contribution in [0.15, 0.2) is 205 Å². The zero-order valence-corrected chi connectivity index (χ0v) is 31.9. The van der Waals surface area contributed by atoms with Gasteiger partial charge in [-0.1, -0.05) is 182 Å². The molecule has 3 nitrogen and oxygen atoms in total. The molecule has 3 heteroatoms. The number of hydrogen-bond donors (Lipinski definition) is 0. The Morgan fingerprint density at radius 2 is 0.897 bits per heavy atom. The van der Waals surface area contributed by atoms with Gasteiger partial charge in [-0.15, -0.1) is 0 Å². The van der Waals surface area contributed by atoms with Crippen LogP contribution in [-0.2, 0) is 0 Å². The average molecular weight is 741 g/mol. The van der Waals surface area contributed by atoms with E-state index >= 15 is 0 Å². The lowest BCUT2D eigenvalue weighted by Gasteiger charge is -2.16. The Bertz CT molecular complexity index is 3310. The molecule has 0 amide bonds. The van der Waals surface area contributed by atoms with Crippen LogP contribution in [0.5, 0.6) is 0 Å². The minimum Gasteiger partial charge on any atom is -0.455 e. The number of furan rings is 1. The first-order valence-electron chi connectivity index (χ1n) is 19.7. The van der Waals surface area contributed by atoms with Gasteiger partial charge in [0.05, 0.1) is 11.4 Å².